The van der Waals surface area contributed by atoms with E-state index in [1.54, 1.807) is 0 Å². The van der Waals surface area contributed by atoms with Gasteiger partial charge in [0.1, 0.15) is 17.8 Å². The van der Waals surface area contributed by atoms with Crippen LogP contribution in [0.25, 0.3) is 0 Å². The fourth-order valence-electron chi connectivity index (χ4n) is 6.18. The predicted octanol–water partition coefficient (Wildman–Crippen LogP) is 4.70. The smallest absolute Gasteiger partial charge is 0.419 e. The molecule has 6 rings (SSSR count). The summed E-state index contributed by atoms with van der Waals surface area (Å²) in [5, 5.41) is 0. The molecule has 4 aliphatic rings. The van der Waals surface area contributed by atoms with E-state index in [0.29, 0.717) is 62.0 Å². The molecule has 0 saturated carbocycles. The van der Waals surface area contributed by atoms with Crippen molar-refractivity contribution in [2.45, 2.75) is 63.7 Å². The van der Waals surface area contributed by atoms with Crippen LogP contribution in [0, 0.1) is 11.7 Å². The number of alkyl halides is 4. The van der Waals surface area contributed by atoms with Gasteiger partial charge in [-0.2, -0.15) is 23.1 Å². The highest BCUT2D eigenvalue weighted by Gasteiger charge is 2.41. The molecule has 0 spiro atoms. The molecule has 4 aliphatic heterocycles. The molecule has 5 heterocycles. The van der Waals surface area contributed by atoms with Crippen molar-refractivity contribution in [3.63, 3.8) is 0 Å². The van der Waals surface area contributed by atoms with E-state index in [2.05, 4.69) is 21.8 Å². The molecule has 0 radical (unpaired) electrons. The number of nitrogens with two attached hydrogens (primary N) is 1. The molecule has 8 nitrogen and oxygen atoms in total. The van der Waals surface area contributed by atoms with Crippen LogP contribution in [0.3, 0.4) is 0 Å². The predicted molar refractivity (Wildman–Crippen MR) is 142 cm³/mol. The summed E-state index contributed by atoms with van der Waals surface area (Å²) in [5.41, 5.74) is 4.98. The van der Waals surface area contributed by atoms with E-state index < -0.39 is 29.8 Å². The van der Waals surface area contributed by atoms with Crippen molar-refractivity contribution < 1.29 is 36.2 Å². The molecular formula is C28H36F5N5O3. The van der Waals surface area contributed by atoms with Crippen molar-refractivity contribution in [1.29, 1.82) is 0 Å². The summed E-state index contributed by atoms with van der Waals surface area (Å²) in [5.74, 6) is -0.560. The number of ether oxygens (including phenoxy) is 3. The minimum Gasteiger partial charge on any atom is -0.467 e. The minimum absolute atomic E-state index is 0.00686. The van der Waals surface area contributed by atoms with Gasteiger partial charge in [-0.3, -0.25) is 4.90 Å². The maximum absolute atomic E-state index is 14.2. The van der Waals surface area contributed by atoms with E-state index in [1.807, 2.05) is 4.90 Å². The number of halogens is 5. The minimum atomic E-state index is -4.90. The summed E-state index contributed by atoms with van der Waals surface area (Å²) in [4.78, 5) is 13.2. The summed E-state index contributed by atoms with van der Waals surface area (Å²) in [6, 6.07) is 2.48. The summed E-state index contributed by atoms with van der Waals surface area (Å²) in [6.07, 6.45) is -3.16. The number of rotatable bonds is 3. The maximum Gasteiger partial charge on any atom is 0.419 e. The molecule has 4 atom stereocenters. The zero-order chi connectivity index (χ0) is 29.3. The van der Waals surface area contributed by atoms with E-state index in [0.717, 1.165) is 19.0 Å². The SMILES string of the molecule is COc1nc2c(c(N3CCOCC(C)C3)n1)COC(c1cc(N)cc(F)c1C(F)(F)F)C2.FC1CC2CCCN2C1. The highest BCUT2D eigenvalue weighted by molar-refractivity contribution is 5.53. The number of nitrogen functional groups attached to an aromatic ring is 1. The van der Waals surface area contributed by atoms with Gasteiger partial charge in [0.15, 0.2) is 0 Å². The Hall–Kier alpha value is -2.77. The van der Waals surface area contributed by atoms with Gasteiger partial charge in [-0.25, -0.2) is 8.78 Å². The summed E-state index contributed by atoms with van der Waals surface area (Å²) in [7, 11) is 1.42. The molecule has 4 unspecified atom stereocenters. The zero-order valence-electron chi connectivity index (χ0n) is 23.2. The normalized spacial score (nSPS) is 26.6. The molecule has 0 amide bonds. The molecule has 0 bridgehead atoms. The van der Waals surface area contributed by atoms with Crippen molar-refractivity contribution in [3.8, 4) is 6.01 Å². The number of nitrogens with zero attached hydrogens (tertiary/aromatic N) is 4. The van der Waals surface area contributed by atoms with Crippen LogP contribution < -0.4 is 15.4 Å². The van der Waals surface area contributed by atoms with Crippen LogP contribution in [0.4, 0.5) is 33.5 Å². The number of anilines is 2. The summed E-state index contributed by atoms with van der Waals surface area (Å²) >= 11 is 0. The van der Waals surface area contributed by atoms with Crippen molar-refractivity contribution in [2.24, 2.45) is 5.92 Å². The Kier molecular flexibility index (Phi) is 8.86. The summed E-state index contributed by atoms with van der Waals surface area (Å²) in [6.45, 7) is 6.32. The van der Waals surface area contributed by atoms with Crippen LogP contribution in [0.2, 0.25) is 0 Å². The Morgan fingerprint density at radius 1 is 1.15 bits per heavy atom. The molecule has 2 aromatic rings. The Morgan fingerprint density at radius 2 is 1.95 bits per heavy atom. The quantitative estimate of drug-likeness (QED) is 0.410. The largest absolute Gasteiger partial charge is 0.467 e. The third-order valence-electron chi connectivity index (χ3n) is 8.01. The molecule has 3 fully saturated rings. The monoisotopic (exact) mass is 585 g/mol. The number of methoxy groups -OCH3 is 1. The molecule has 3 saturated heterocycles. The summed E-state index contributed by atoms with van der Waals surface area (Å²) < 4.78 is 84.3. The molecule has 0 aliphatic carbocycles. The van der Waals surface area contributed by atoms with E-state index >= 15 is 0 Å². The van der Waals surface area contributed by atoms with Gasteiger partial charge in [0, 0.05) is 43.3 Å². The third-order valence-corrected chi connectivity index (χ3v) is 8.01. The van der Waals surface area contributed by atoms with Crippen molar-refractivity contribution in [3.05, 3.63) is 40.3 Å². The van der Waals surface area contributed by atoms with Gasteiger partial charge in [-0.1, -0.05) is 6.92 Å². The van der Waals surface area contributed by atoms with Crippen LogP contribution in [0.1, 0.15) is 54.7 Å². The standard InChI is InChI=1S/C21H24F4N4O3.C7H12FN/c1-11-8-29(3-4-31-9-11)19-14-10-32-17(7-16(14)27-20(28-19)30-2)13-5-12(26)6-15(22)18(13)21(23,24)25;8-6-4-7-2-1-3-9(7)5-6/h5-6,11,17H,3-4,7-10,26H2,1-2H3;6-7H,1-5H2. The number of hydrogen-bond acceptors (Lipinski definition) is 8. The Morgan fingerprint density at radius 3 is 2.68 bits per heavy atom. The lowest BCUT2D eigenvalue weighted by molar-refractivity contribution is -0.142. The van der Waals surface area contributed by atoms with Gasteiger partial charge in [0.2, 0.25) is 0 Å². The molecule has 226 valence electrons. The molecular weight excluding hydrogens is 549 g/mol. The average molecular weight is 586 g/mol. The second kappa shape index (κ2) is 12.2. The highest BCUT2D eigenvalue weighted by atomic mass is 19.4. The van der Waals surface area contributed by atoms with Crippen molar-refractivity contribution >= 4 is 11.5 Å². The fraction of sp³-hybridized carbons (Fsp3) is 0.643. The van der Waals surface area contributed by atoms with E-state index in [4.69, 9.17) is 19.9 Å². The fourth-order valence-corrected chi connectivity index (χ4v) is 6.18. The first-order valence-electron chi connectivity index (χ1n) is 14.0. The van der Waals surface area contributed by atoms with Crippen LogP contribution in [-0.2, 0) is 28.7 Å². The number of hydrogen-bond donors (Lipinski definition) is 1. The van der Waals surface area contributed by atoms with E-state index in [-0.39, 0.29) is 36.2 Å². The Balaban J connectivity index is 0.000000315. The number of fused-ring (bicyclic) bond motifs is 2. The second-order valence-electron chi connectivity index (χ2n) is 11.2. The zero-order valence-corrected chi connectivity index (χ0v) is 23.2. The van der Waals surface area contributed by atoms with Gasteiger partial charge >= 0.3 is 12.2 Å². The van der Waals surface area contributed by atoms with Gasteiger partial charge in [0.25, 0.3) is 0 Å². The van der Waals surface area contributed by atoms with E-state index in [9.17, 15) is 22.0 Å². The lowest BCUT2D eigenvalue weighted by Crippen LogP contribution is -2.32. The van der Waals surface area contributed by atoms with Crippen molar-refractivity contribution in [2.75, 3.05) is 57.1 Å². The Labute approximate surface area is 236 Å². The average Bonchev–Trinajstić information content (AvgIpc) is 3.41. The lowest BCUT2D eigenvalue weighted by Gasteiger charge is -2.31. The van der Waals surface area contributed by atoms with Gasteiger partial charge in [-0.05, 0) is 49.4 Å². The van der Waals surface area contributed by atoms with Crippen LogP contribution in [-0.4, -0.2) is 73.6 Å². The topological polar surface area (TPSA) is 86.0 Å². The third kappa shape index (κ3) is 6.67. The van der Waals surface area contributed by atoms with Crippen molar-refractivity contribution in [1.82, 2.24) is 14.9 Å². The van der Waals surface area contributed by atoms with Crippen LogP contribution >= 0.6 is 0 Å². The molecule has 2 N–H and O–H groups in total. The van der Waals surface area contributed by atoms with Crippen LogP contribution in [0.5, 0.6) is 6.01 Å². The maximum atomic E-state index is 14.2. The first-order valence-corrected chi connectivity index (χ1v) is 14.0. The van der Waals surface area contributed by atoms with Gasteiger partial charge in [0.05, 0.1) is 44.3 Å². The van der Waals surface area contributed by atoms with E-state index in [1.165, 1.54) is 20.0 Å². The molecule has 41 heavy (non-hydrogen) atoms. The molecule has 1 aromatic heterocycles. The van der Waals surface area contributed by atoms with Gasteiger partial charge < -0.3 is 24.8 Å². The number of aromatic nitrogens is 2. The first kappa shape index (κ1) is 29.7. The van der Waals surface area contributed by atoms with Gasteiger partial charge in [-0.15, -0.1) is 0 Å². The first-order chi connectivity index (χ1) is 19.5. The Bertz CT molecular complexity index is 1220. The molecule has 1 aromatic carbocycles. The van der Waals surface area contributed by atoms with Crippen LogP contribution in [0.15, 0.2) is 12.1 Å². The second-order valence-corrected chi connectivity index (χ2v) is 11.2. The molecule has 13 heteroatoms. The lowest BCUT2D eigenvalue weighted by atomic mass is 9.94. The number of benzene rings is 1. The highest BCUT2D eigenvalue weighted by Crippen LogP contribution is 2.42.